The second kappa shape index (κ2) is 6.20. The third kappa shape index (κ3) is 3.89. The SMILES string of the molecule is CNC(COC(C)C)c1ncccc1Br. The first-order valence-electron chi connectivity index (χ1n) is 5.04. The quantitative estimate of drug-likeness (QED) is 0.895. The number of hydrogen-bond acceptors (Lipinski definition) is 3. The molecule has 0 aliphatic heterocycles. The molecule has 1 aromatic heterocycles. The van der Waals surface area contributed by atoms with Gasteiger partial charge in [-0.2, -0.15) is 0 Å². The topological polar surface area (TPSA) is 34.1 Å². The van der Waals surface area contributed by atoms with E-state index in [4.69, 9.17) is 4.74 Å². The molecule has 84 valence electrons. The van der Waals surface area contributed by atoms with Gasteiger partial charge in [0.1, 0.15) is 0 Å². The van der Waals surface area contributed by atoms with Crippen LogP contribution < -0.4 is 5.32 Å². The summed E-state index contributed by atoms with van der Waals surface area (Å²) in [6.45, 7) is 4.68. The molecular formula is C11H17BrN2O. The highest BCUT2D eigenvalue weighted by Gasteiger charge is 2.14. The summed E-state index contributed by atoms with van der Waals surface area (Å²) in [4.78, 5) is 4.34. The van der Waals surface area contributed by atoms with Crippen LogP contribution in [-0.4, -0.2) is 24.7 Å². The highest BCUT2D eigenvalue weighted by molar-refractivity contribution is 9.10. The predicted octanol–water partition coefficient (Wildman–Crippen LogP) is 2.53. The Morgan fingerprint density at radius 3 is 2.80 bits per heavy atom. The summed E-state index contributed by atoms with van der Waals surface area (Å²) in [7, 11) is 1.91. The van der Waals surface area contributed by atoms with Gasteiger partial charge in [-0.25, -0.2) is 0 Å². The van der Waals surface area contributed by atoms with Gasteiger partial charge in [-0.1, -0.05) is 0 Å². The standard InChI is InChI=1S/C11H17BrN2O/c1-8(2)15-7-10(13-3)11-9(12)5-4-6-14-11/h4-6,8,10,13H,7H2,1-3H3. The lowest BCUT2D eigenvalue weighted by atomic mass is 10.2. The number of hydrogen-bond donors (Lipinski definition) is 1. The Labute approximate surface area is 99.4 Å². The zero-order valence-electron chi connectivity index (χ0n) is 9.33. The van der Waals surface area contributed by atoms with Crippen LogP contribution in [0.4, 0.5) is 0 Å². The van der Waals surface area contributed by atoms with Gasteiger partial charge in [-0.05, 0) is 49.0 Å². The van der Waals surface area contributed by atoms with Crippen molar-refractivity contribution >= 4 is 15.9 Å². The van der Waals surface area contributed by atoms with Gasteiger partial charge in [0.25, 0.3) is 0 Å². The van der Waals surface area contributed by atoms with Crippen molar-refractivity contribution in [1.29, 1.82) is 0 Å². The largest absolute Gasteiger partial charge is 0.377 e. The van der Waals surface area contributed by atoms with Gasteiger partial charge in [-0.15, -0.1) is 0 Å². The molecule has 0 bridgehead atoms. The molecule has 3 nitrogen and oxygen atoms in total. The molecule has 1 heterocycles. The Morgan fingerprint density at radius 1 is 1.53 bits per heavy atom. The molecular weight excluding hydrogens is 256 g/mol. The Bertz CT molecular complexity index is 304. The molecule has 0 aliphatic carbocycles. The summed E-state index contributed by atoms with van der Waals surface area (Å²) in [5.74, 6) is 0. The molecule has 1 aromatic rings. The molecule has 0 radical (unpaired) electrons. The van der Waals surface area contributed by atoms with Crippen LogP contribution in [0.25, 0.3) is 0 Å². The number of aromatic nitrogens is 1. The van der Waals surface area contributed by atoms with Gasteiger partial charge in [0.15, 0.2) is 0 Å². The molecule has 15 heavy (non-hydrogen) atoms. The average molecular weight is 273 g/mol. The second-order valence-corrected chi connectivity index (χ2v) is 4.45. The van der Waals surface area contributed by atoms with Gasteiger partial charge in [0.05, 0.1) is 24.4 Å². The number of ether oxygens (including phenoxy) is 1. The molecule has 0 amide bonds. The molecule has 1 unspecified atom stereocenters. The molecule has 0 spiro atoms. The smallest absolute Gasteiger partial charge is 0.0741 e. The third-order valence-electron chi connectivity index (χ3n) is 2.06. The van der Waals surface area contributed by atoms with Crippen LogP contribution in [-0.2, 0) is 4.74 Å². The lowest BCUT2D eigenvalue weighted by molar-refractivity contribution is 0.0617. The van der Waals surface area contributed by atoms with Crippen molar-refractivity contribution in [2.24, 2.45) is 0 Å². The molecule has 4 heteroatoms. The summed E-state index contributed by atoms with van der Waals surface area (Å²) in [6.07, 6.45) is 2.03. The lowest BCUT2D eigenvalue weighted by Gasteiger charge is -2.18. The summed E-state index contributed by atoms with van der Waals surface area (Å²) >= 11 is 3.49. The number of nitrogens with one attached hydrogen (secondary N) is 1. The molecule has 0 aromatic carbocycles. The zero-order valence-corrected chi connectivity index (χ0v) is 10.9. The van der Waals surface area contributed by atoms with E-state index in [0.717, 1.165) is 10.2 Å². The number of halogens is 1. The third-order valence-corrected chi connectivity index (χ3v) is 2.73. The Hall–Kier alpha value is -0.450. The van der Waals surface area contributed by atoms with Crippen molar-refractivity contribution in [3.8, 4) is 0 Å². The van der Waals surface area contributed by atoms with Gasteiger partial charge in [-0.3, -0.25) is 4.98 Å². The molecule has 0 saturated carbocycles. The van der Waals surface area contributed by atoms with Crippen molar-refractivity contribution in [3.63, 3.8) is 0 Å². The average Bonchev–Trinajstić information content (AvgIpc) is 2.21. The number of likely N-dealkylation sites (N-methyl/N-ethyl adjacent to an activating group) is 1. The monoisotopic (exact) mass is 272 g/mol. The van der Waals surface area contributed by atoms with E-state index >= 15 is 0 Å². The normalized spacial score (nSPS) is 13.1. The van der Waals surface area contributed by atoms with E-state index in [1.807, 2.05) is 33.0 Å². The fourth-order valence-electron chi connectivity index (χ4n) is 1.24. The molecule has 1 atom stereocenters. The van der Waals surface area contributed by atoms with E-state index < -0.39 is 0 Å². The maximum absolute atomic E-state index is 5.58. The molecule has 1 N–H and O–H groups in total. The Kier molecular flexibility index (Phi) is 5.22. The van der Waals surface area contributed by atoms with Gasteiger partial charge >= 0.3 is 0 Å². The van der Waals surface area contributed by atoms with E-state index in [1.54, 1.807) is 6.20 Å². The lowest BCUT2D eigenvalue weighted by Crippen LogP contribution is -2.24. The van der Waals surface area contributed by atoms with E-state index in [0.29, 0.717) is 6.61 Å². The Morgan fingerprint density at radius 2 is 2.27 bits per heavy atom. The first-order chi connectivity index (χ1) is 7.15. The van der Waals surface area contributed by atoms with E-state index in [9.17, 15) is 0 Å². The van der Waals surface area contributed by atoms with Crippen molar-refractivity contribution < 1.29 is 4.74 Å². The highest BCUT2D eigenvalue weighted by Crippen LogP contribution is 2.20. The van der Waals surface area contributed by atoms with Gasteiger partial charge in [0.2, 0.25) is 0 Å². The van der Waals surface area contributed by atoms with E-state index in [1.165, 1.54) is 0 Å². The van der Waals surface area contributed by atoms with Crippen LogP contribution >= 0.6 is 15.9 Å². The summed E-state index contributed by atoms with van der Waals surface area (Å²) in [5, 5.41) is 3.20. The second-order valence-electron chi connectivity index (χ2n) is 3.59. The van der Waals surface area contributed by atoms with Crippen LogP contribution in [0.15, 0.2) is 22.8 Å². The first-order valence-corrected chi connectivity index (χ1v) is 5.83. The van der Waals surface area contributed by atoms with Crippen LogP contribution in [0.5, 0.6) is 0 Å². The Balaban J connectivity index is 2.70. The summed E-state index contributed by atoms with van der Waals surface area (Å²) in [6, 6.07) is 4.02. The van der Waals surface area contributed by atoms with Crippen LogP contribution in [0.3, 0.4) is 0 Å². The minimum absolute atomic E-state index is 0.128. The molecule has 0 fully saturated rings. The molecule has 0 aliphatic rings. The number of nitrogens with zero attached hydrogens (tertiary/aromatic N) is 1. The number of pyridine rings is 1. The van der Waals surface area contributed by atoms with Crippen molar-refractivity contribution in [2.75, 3.05) is 13.7 Å². The van der Waals surface area contributed by atoms with E-state index in [-0.39, 0.29) is 12.1 Å². The van der Waals surface area contributed by atoms with E-state index in [2.05, 4.69) is 26.2 Å². The molecule has 1 rings (SSSR count). The highest BCUT2D eigenvalue weighted by atomic mass is 79.9. The minimum atomic E-state index is 0.128. The van der Waals surface area contributed by atoms with Crippen LogP contribution in [0.1, 0.15) is 25.6 Å². The fraction of sp³-hybridized carbons (Fsp3) is 0.545. The summed E-state index contributed by atoms with van der Waals surface area (Å²) < 4.78 is 6.59. The van der Waals surface area contributed by atoms with Crippen molar-refractivity contribution in [3.05, 3.63) is 28.5 Å². The predicted molar refractivity (Wildman–Crippen MR) is 64.8 cm³/mol. The maximum atomic E-state index is 5.58. The van der Waals surface area contributed by atoms with Crippen LogP contribution in [0.2, 0.25) is 0 Å². The van der Waals surface area contributed by atoms with Gasteiger partial charge in [0, 0.05) is 10.7 Å². The number of rotatable bonds is 5. The maximum Gasteiger partial charge on any atom is 0.0741 e. The first kappa shape index (κ1) is 12.6. The van der Waals surface area contributed by atoms with Crippen molar-refractivity contribution in [1.82, 2.24) is 10.3 Å². The summed E-state index contributed by atoms with van der Waals surface area (Å²) in [5.41, 5.74) is 0.987. The van der Waals surface area contributed by atoms with Gasteiger partial charge < -0.3 is 10.1 Å². The fourth-order valence-corrected chi connectivity index (χ4v) is 1.77. The minimum Gasteiger partial charge on any atom is -0.377 e. The van der Waals surface area contributed by atoms with Crippen molar-refractivity contribution in [2.45, 2.75) is 26.0 Å². The van der Waals surface area contributed by atoms with Crippen LogP contribution in [0, 0.1) is 0 Å². The molecule has 0 saturated heterocycles. The zero-order chi connectivity index (χ0) is 11.3.